The normalized spacial score (nSPS) is 14.3. The molecule has 5 nitrogen and oxygen atoms in total. The van der Waals surface area contributed by atoms with Crippen LogP contribution in [0.2, 0.25) is 5.02 Å². The Morgan fingerprint density at radius 2 is 1.91 bits per heavy atom. The minimum Gasteiger partial charge on any atom is -0.344 e. The van der Waals surface area contributed by atoms with E-state index in [4.69, 9.17) is 22.4 Å². The summed E-state index contributed by atoms with van der Waals surface area (Å²) in [6.07, 6.45) is 0. The first-order valence-electron chi connectivity index (χ1n) is 7.32. The molecule has 1 aliphatic heterocycles. The van der Waals surface area contributed by atoms with Crippen LogP contribution in [0.15, 0.2) is 29.3 Å². The predicted molar refractivity (Wildman–Crippen MR) is 95.8 cm³/mol. The molecule has 6 heteroatoms. The highest BCUT2D eigenvalue weighted by Crippen LogP contribution is 2.31. The summed E-state index contributed by atoms with van der Waals surface area (Å²) < 4.78 is 0. The number of aliphatic imine (C=N–C) groups is 1. The number of hydrogen-bond acceptors (Lipinski definition) is 3. The lowest BCUT2D eigenvalue weighted by molar-refractivity contribution is 1.15. The average Bonchev–Trinajstić information content (AvgIpc) is 2.68. The Hall–Kier alpha value is -2.40. The molecule has 0 radical (unpaired) electrons. The van der Waals surface area contributed by atoms with Crippen molar-refractivity contribution in [1.82, 2.24) is 4.98 Å². The van der Waals surface area contributed by atoms with E-state index in [0.717, 1.165) is 33.9 Å². The van der Waals surface area contributed by atoms with Gasteiger partial charge in [0.2, 0.25) is 0 Å². The van der Waals surface area contributed by atoms with Gasteiger partial charge in [-0.25, -0.2) is 0 Å². The Labute approximate surface area is 140 Å². The minimum absolute atomic E-state index is 0.231. The number of nitrogens with zero attached hydrogens (tertiary/aromatic N) is 2. The van der Waals surface area contributed by atoms with Gasteiger partial charge in [0.25, 0.3) is 0 Å². The third-order valence-electron chi connectivity index (χ3n) is 4.05. The smallest absolute Gasteiger partial charge is 0.129 e. The zero-order chi connectivity index (χ0) is 16.7. The van der Waals surface area contributed by atoms with Gasteiger partial charge in [0, 0.05) is 21.8 Å². The van der Waals surface area contributed by atoms with E-state index in [1.807, 2.05) is 38.1 Å². The molecule has 1 aromatic heterocycles. The molecule has 3 N–H and O–H groups in total. The van der Waals surface area contributed by atoms with Gasteiger partial charge < -0.3 is 4.98 Å². The SMILES string of the molecule is CC(=N)N1C(=N)CN=C(c2ccc(Cl)cc2)c2c1[nH]c(C)c2C. The summed E-state index contributed by atoms with van der Waals surface area (Å²) in [6, 6.07) is 7.54. The van der Waals surface area contributed by atoms with Crippen molar-refractivity contribution in [2.45, 2.75) is 20.8 Å². The summed E-state index contributed by atoms with van der Waals surface area (Å²) in [4.78, 5) is 9.57. The molecule has 0 spiro atoms. The van der Waals surface area contributed by atoms with Gasteiger partial charge >= 0.3 is 0 Å². The van der Waals surface area contributed by atoms with Crippen molar-refractivity contribution in [3.05, 3.63) is 51.7 Å². The first-order valence-corrected chi connectivity index (χ1v) is 7.70. The van der Waals surface area contributed by atoms with Gasteiger partial charge in [-0.3, -0.25) is 20.7 Å². The maximum absolute atomic E-state index is 8.25. The molecular weight excluding hydrogens is 310 g/mol. The number of anilines is 1. The van der Waals surface area contributed by atoms with E-state index >= 15 is 0 Å². The van der Waals surface area contributed by atoms with Gasteiger partial charge in [-0.05, 0) is 38.5 Å². The molecule has 1 aliphatic rings. The molecular formula is C17H18ClN5. The summed E-state index contributed by atoms with van der Waals surface area (Å²) in [5.74, 6) is 1.32. The summed E-state index contributed by atoms with van der Waals surface area (Å²) in [5.41, 5.74) is 4.81. The van der Waals surface area contributed by atoms with E-state index in [2.05, 4.69) is 9.98 Å². The first-order chi connectivity index (χ1) is 10.9. The average molecular weight is 328 g/mol. The van der Waals surface area contributed by atoms with Crippen LogP contribution < -0.4 is 4.90 Å². The number of hydrogen-bond donors (Lipinski definition) is 3. The Balaban J connectivity index is 2.25. The number of aromatic amines is 1. The Morgan fingerprint density at radius 1 is 1.26 bits per heavy atom. The topological polar surface area (TPSA) is 79.1 Å². The molecule has 0 unspecified atom stereocenters. The van der Waals surface area contributed by atoms with Gasteiger partial charge in [0.05, 0.1) is 12.3 Å². The second-order valence-electron chi connectivity index (χ2n) is 5.64. The van der Waals surface area contributed by atoms with Crippen molar-refractivity contribution in [3.8, 4) is 0 Å². The van der Waals surface area contributed by atoms with Crippen molar-refractivity contribution >= 4 is 34.8 Å². The van der Waals surface area contributed by atoms with Crippen molar-refractivity contribution in [2.75, 3.05) is 11.4 Å². The first kappa shape index (κ1) is 15.5. The fourth-order valence-electron chi connectivity index (χ4n) is 2.81. The van der Waals surface area contributed by atoms with E-state index in [1.54, 1.807) is 11.8 Å². The lowest BCUT2D eigenvalue weighted by Crippen LogP contribution is -2.36. The van der Waals surface area contributed by atoms with Crippen molar-refractivity contribution in [3.63, 3.8) is 0 Å². The predicted octanol–water partition coefficient (Wildman–Crippen LogP) is 3.92. The maximum atomic E-state index is 8.25. The summed E-state index contributed by atoms with van der Waals surface area (Å²) in [6.45, 7) is 5.93. The monoisotopic (exact) mass is 327 g/mol. The van der Waals surface area contributed by atoms with E-state index in [1.165, 1.54) is 0 Å². The molecule has 0 fully saturated rings. The molecule has 0 atom stereocenters. The van der Waals surface area contributed by atoms with Crippen molar-refractivity contribution < 1.29 is 0 Å². The van der Waals surface area contributed by atoms with Crippen LogP contribution in [0.4, 0.5) is 5.82 Å². The molecule has 1 aromatic carbocycles. The molecule has 0 aliphatic carbocycles. The molecule has 23 heavy (non-hydrogen) atoms. The second kappa shape index (κ2) is 5.66. The van der Waals surface area contributed by atoms with E-state index in [9.17, 15) is 0 Å². The second-order valence-corrected chi connectivity index (χ2v) is 6.07. The van der Waals surface area contributed by atoms with Gasteiger partial charge in [-0.1, -0.05) is 23.7 Å². The minimum atomic E-state index is 0.231. The molecule has 0 saturated heterocycles. The van der Waals surface area contributed by atoms with Gasteiger partial charge in [0.1, 0.15) is 17.5 Å². The van der Waals surface area contributed by atoms with E-state index in [-0.39, 0.29) is 12.4 Å². The number of H-pyrrole nitrogens is 1. The fourth-order valence-corrected chi connectivity index (χ4v) is 2.93. The molecule has 118 valence electrons. The van der Waals surface area contributed by atoms with Crippen molar-refractivity contribution in [1.29, 1.82) is 10.8 Å². The number of aromatic nitrogens is 1. The summed E-state index contributed by atoms with van der Waals surface area (Å²) >= 11 is 5.99. The Morgan fingerprint density at radius 3 is 2.52 bits per heavy atom. The Bertz CT molecular complexity index is 829. The summed E-state index contributed by atoms with van der Waals surface area (Å²) in [7, 11) is 0. The number of rotatable bonds is 1. The number of fused-ring (bicyclic) bond motifs is 1. The molecule has 2 heterocycles. The molecule has 0 bridgehead atoms. The fraction of sp³-hybridized carbons (Fsp3) is 0.235. The van der Waals surface area contributed by atoms with Crippen molar-refractivity contribution in [2.24, 2.45) is 4.99 Å². The number of amidine groups is 2. The largest absolute Gasteiger partial charge is 0.344 e. The zero-order valence-corrected chi connectivity index (χ0v) is 14.0. The van der Waals surface area contributed by atoms with E-state index < -0.39 is 0 Å². The zero-order valence-electron chi connectivity index (χ0n) is 13.3. The van der Waals surface area contributed by atoms with Crippen LogP contribution in [0.1, 0.15) is 29.3 Å². The highest BCUT2D eigenvalue weighted by Gasteiger charge is 2.28. The molecule has 3 rings (SSSR count). The molecule has 2 aromatic rings. The lowest BCUT2D eigenvalue weighted by atomic mass is 10.00. The summed E-state index contributed by atoms with van der Waals surface area (Å²) in [5, 5.41) is 16.9. The number of aryl methyl sites for hydroxylation is 1. The highest BCUT2D eigenvalue weighted by molar-refractivity contribution is 6.31. The lowest BCUT2D eigenvalue weighted by Gasteiger charge is -2.21. The van der Waals surface area contributed by atoms with E-state index in [0.29, 0.717) is 10.9 Å². The van der Waals surface area contributed by atoms with Gasteiger partial charge in [0.15, 0.2) is 0 Å². The standard InChI is InChI=1S/C17H18ClN5/c1-9-10(2)22-17-15(9)16(12-4-6-13(18)7-5-12)21-8-14(20)23(17)11(3)19/h4-7,19-20,22H,8H2,1-3H3. The van der Waals surface area contributed by atoms with Crippen LogP contribution in [0.5, 0.6) is 0 Å². The third-order valence-corrected chi connectivity index (χ3v) is 4.30. The highest BCUT2D eigenvalue weighted by atomic mass is 35.5. The maximum Gasteiger partial charge on any atom is 0.129 e. The number of halogens is 1. The van der Waals surface area contributed by atoms with Crippen LogP contribution in [0, 0.1) is 24.7 Å². The molecule has 0 amide bonds. The van der Waals surface area contributed by atoms with Crippen LogP contribution in [0.25, 0.3) is 0 Å². The van der Waals surface area contributed by atoms with Crippen LogP contribution >= 0.6 is 11.6 Å². The number of nitrogens with one attached hydrogen (secondary N) is 3. The Kier molecular flexibility index (Phi) is 3.82. The molecule has 0 saturated carbocycles. The van der Waals surface area contributed by atoms with Gasteiger partial charge in [-0.2, -0.15) is 0 Å². The quantitative estimate of drug-likeness (QED) is 0.538. The van der Waals surface area contributed by atoms with Crippen LogP contribution in [0.3, 0.4) is 0 Å². The number of benzene rings is 1. The van der Waals surface area contributed by atoms with Gasteiger partial charge in [-0.15, -0.1) is 0 Å². The van der Waals surface area contributed by atoms with Crippen LogP contribution in [-0.2, 0) is 0 Å². The van der Waals surface area contributed by atoms with Crippen LogP contribution in [-0.4, -0.2) is 28.9 Å². The third kappa shape index (κ3) is 2.57.